The zero-order chi connectivity index (χ0) is 15.3. The van der Waals surface area contributed by atoms with Gasteiger partial charge in [-0.15, -0.1) is 0 Å². The maximum Gasteiger partial charge on any atom is 0.230 e. The first kappa shape index (κ1) is 15.6. The predicted octanol–water partition coefficient (Wildman–Crippen LogP) is 4.30. The summed E-state index contributed by atoms with van der Waals surface area (Å²) < 4.78 is 0. The smallest absolute Gasteiger partial charge is 0.230 e. The number of nitrogens with one attached hydrogen (secondary N) is 1. The molecular weight excluding hydrogens is 260 g/mol. The molecule has 0 radical (unpaired) electrons. The van der Waals surface area contributed by atoms with Crippen LogP contribution in [0.3, 0.4) is 0 Å². The van der Waals surface area contributed by atoms with Gasteiger partial charge in [0.15, 0.2) is 0 Å². The summed E-state index contributed by atoms with van der Waals surface area (Å²) in [4.78, 5) is 12.7. The summed E-state index contributed by atoms with van der Waals surface area (Å²) in [5, 5.41) is 11.8. The molecule has 0 aromatic heterocycles. The van der Waals surface area contributed by atoms with Gasteiger partial charge in [0.2, 0.25) is 5.91 Å². The van der Waals surface area contributed by atoms with Crippen molar-refractivity contribution >= 4 is 11.6 Å². The Hall–Kier alpha value is -1.82. The fourth-order valence-electron chi connectivity index (χ4n) is 3.42. The van der Waals surface area contributed by atoms with Crippen molar-refractivity contribution < 1.29 is 4.79 Å². The van der Waals surface area contributed by atoms with Gasteiger partial charge in [0.05, 0.1) is 12.5 Å². The molecule has 1 aliphatic rings. The molecule has 0 bridgehead atoms. The normalized spacial score (nSPS) is 16.7. The van der Waals surface area contributed by atoms with E-state index < -0.39 is 0 Å². The molecule has 2 rings (SSSR count). The van der Waals surface area contributed by atoms with E-state index in [9.17, 15) is 4.79 Å². The van der Waals surface area contributed by atoms with Crippen LogP contribution in [0.25, 0.3) is 0 Å². The lowest BCUT2D eigenvalue weighted by Gasteiger charge is -2.29. The highest BCUT2D eigenvalue weighted by atomic mass is 16.2. The molecule has 21 heavy (non-hydrogen) atoms. The molecule has 112 valence electrons. The number of nitriles is 1. The van der Waals surface area contributed by atoms with Crippen LogP contribution in [0, 0.1) is 22.7 Å². The standard InChI is InChI=1S/C18H24N2O/c1-14(2)13-18(10-3-4-11-18)17(21)20-16-7-5-15(6-8-16)9-12-19/h5-8,14H,3-4,9-11,13H2,1-2H3,(H,20,21). The summed E-state index contributed by atoms with van der Waals surface area (Å²) >= 11 is 0. The van der Waals surface area contributed by atoms with Crippen LogP contribution in [0.5, 0.6) is 0 Å². The first-order valence-electron chi connectivity index (χ1n) is 7.83. The number of rotatable bonds is 5. The molecule has 1 N–H and O–H groups in total. The van der Waals surface area contributed by atoms with E-state index in [0.717, 1.165) is 43.4 Å². The Morgan fingerprint density at radius 2 is 1.90 bits per heavy atom. The monoisotopic (exact) mass is 284 g/mol. The van der Waals surface area contributed by atoms with E-state index in [2.05, 4.69) is 25.2 Å². The average molecular weight is 284 g/mol. The van der Waals surface area contributed by atoms with Crippen LogP contribution in [0.2, 0.25) is 0 Å². The maximum atomic E-state index is 12.7. The molecule has 1 fully saturated rings. The second-order valence-corrected chi connectivity index (χ2v) is 6.57. The van der Waals surface area contributed by atoms with Crippen molar-refractivity contribution in [3.05, 3.63) is 29.8 Å². The number of hydrogen-bond donors (Lipinski definition) is 1. The minimum absolute atomic E-state index is 0.168. The predicted molar refractivity (Wildman–Crippen MR) is 84.7 cm³/mol. The minimum atomic E-state index is -0.181. The zero-order valence-electron chi connectivity index (χ0n) is 13.0. The lowest BCUT2D eigenvalue weighted by Crippen LogP contribution is -2.35. The number of amides is 1. The largest absolute Gasteiger partial charge is 0.326 e. The van der Waals surface area contributed by atoms with Gasteiger partial charge in [-0.25, -0.2) is 0 Å². The van der Waals surface area contributed by atoms with E-state index >= 15 is 0 Å². The van der Waals surface area contributed by atoms with E-state index in [4.69, 9.17) is 5.26 Å². The molecule has 0 unspecified atom stereocenters. The van der Waals surface area contributed by atoms with Crippen molar-refractivity contribution in [2.24, 2.45) is 11.3 Å². The third-order valence-electron chi connectivity index (χ3n) is 4.34. The molecule has 1 aliphatic carbocycles. The zero-order valence-corrected chi connectivity index (χ0v) is 13.0. The lowest BCUT2D eigenvalue weighted by atomic mass is 9.77. The molecule has 0 spiro atoms. The molecule has 1 aromatic rings. The molecule has 1 aromatic carbocycles. The molecule has 0 aliphatic heterocycles. The lowest BCUT2D eigenvalue weighted by molar-refractivity contribution is -0.126. The highest BCUT2D eigenvalue weighted by molar-refractivity contribution is 5.95. The van der Waals surface area contributed by atoms with E-state index in [1.807, 2.05) is 24.3 Å². The molecule has 3 heteroatoms. The van der Waals surface area contributed by atoms with Gasteiger partial charge < -0.3 is 5.32 Å². The van der Waals surface area contributed by atoms with Crippen LogP contribution in [-0.4, -0.2) is 5.91 Å². The molecular formula is C18H24N2O. The van der Waals surface area contributed by atoms with E-state index in [0.29, 0.717) is 12.3 Å². The van der Waals surface area contributed by atoms with Gasteiger partial charge in [0.25, 0.3) is 0 Å². The van der Waals surface area contributed by atoms with Gasteiger partial charge in [0, 0.05) is 11.1 Å². The SMILES string of the molecule is CC(C)CC1(C(=O)Nc2ccc(CC#N)cc2)CCCC1. The van der Waals surface area contributed by atoms with E-state index in [1.54, 1.807) is 0 Å². The van der Waals surface area contributed by atoms with Gasteiger partial charge in [-0.05, 0) is 42.9 Å². The highest BCUT2D eigenvalue weighted by Crippen LogP contribution is 2.44. The molecule has 1 amide bonds. The van der Waals surface area contributed by atoms with Gasteiger partial charge in [-0.2, -0.15) is 5.26 Å². The minimum Gasteiger partial charge on any atom is -0.326 e. The quantitative estimate of drug-likeness (QED) is 0.876. The van der Waals surface area contributed by atoms with Crippen molar-refractivity contribution in [1.29, 1.82) is 5.26 Å². The first-order chi connectivity index (χ1) is 10.1. The van der Waals surface area contributed by atoms with Crippen molar-refractivity contribution in [3.63, 3.8) is 0 Å². The molecule has 1 saturated carbocycles. The van der Waals surface area contributed by atoms with Crippen LogP contribution < -0.4 is 5.32 Å². The maximum absolute atomic E-state index is 12.7. The number of carbonyl (C=O) groups excluding carboxylic acids is 1. The third-order valence-corrected chi connectivity index (χ3v) is 4.34. The van der Waals surface area contributed by atoms with Gasteiger partial charge in [0.1, 0.15) is 0 Å². The molecule has 0 saturated heterocycles. The number of nitrogens with zero attached hydrogens (tertiary/aromatic N) is 1. The molecule has 0 atom stereocenters. The van der Waals surface area contributed by atoms with Gasteiger partial charge in [-0.1, -0.05) is 38.8 Å². The summed E-state index contributed by atoms with van der Waals surface area (Å²) in [6, 6.07) is 9.72. The highest BCUT2D eigenvalue weighted by Gasteiger charge is 2.41. The first-order valence-corrected chi connectivity index (χ1v) is 7.83. The molecule has 3 nitrogen and oxygen atoms in total. The Bertz CT molecular complexity index is 519. The summed E-state index contributed by atoms with van der Waals surface area (Å²) in [6.07, 6.45) is 5.69. The Morgan fingerprint density at radius 1 is 1.29 bits per heavy atom. The number of hydrogen-bond acceptors (Lipinski definition) is 2. The van der Waals surface area contributed by atoms with Crippen LogP contribution in [0.1, 0.15) is 51.5 Å². The number of benzene rings is 1. The van der Waals surface area contributed by atoms with E-state index in [1.165, 1.54) is 0 Å². The summed E-state index contributed by atoms with van der Waals surface area (Å²) in [5.41, 5.74) is 1.63. The van der Waals surface area contributed by atoms with Crippen molar-refractivity contribution in [1.82, 2.24) is 0 Å². The summed E-state index contributed by atoms with van der Waals surface area (Å²) in [6.45, 7) is 4.37. The Labute approximate surface area is 127 Å². The van der Waals surface area contributed by atoms with Gasteiger partial charge >= 0.3 is 0 Å². The van der Waals surface area contributed by atoms with Crippen LogP contribution >= 0.6 is 0 Å². The van der Waals surface area contributed by atoms with Crippen molar-refractivity contribution in [2.75, 3.05) is 5.32 Å². The topological polar surface area (TPSA) is 52.9 Å². The van der Waals surface area contributed by atoms with E-state index in [-0.39, 0.29) is 11.3 Å². The van der Waals surface area contributed by atoms with Gasteiger partial charge in [-0.3, -0.25) is 4.79 Å². The van der Waals surface area contributed by atoms with Crippen LogP contribution in [-0.2, 0) is 11.2 Å². The second-order valence-electron chi connectivity index (χ2n) is 6.57. The number of carbonyl (C=O) groups is 1. The Morgan fingerprint density at radius 3 is 2.43 bits per heavy atom. The average Bonchev–Trinajstić information content (AvgIpc) is 2.90. The van der Waals surface area contributed by atoms with Crippen LogP contribution in [0.15, 0.2) is 24.3 Å². The Balaban J connectivity index is 2.06. The third kappa shape index (κ3) is 3.85. The van der Waals surface area contributed by atoms with Crippen molar-refractivity contribution in [2.45, 2.75) is 52.4 Å². The van der Waals surface area contributed by atoms with Crippen molar-refractivity contribution in [3.8, 4) is 6.07 Å². The molecule has 0 heterocycles. The Kier molecular flexibility index (Phi) is 5.01. The summed E-state index contributed by atoms with van der Waals surface area (Å²) in [7, 11) is 0. The van der Waals surface area contributed by atoms with Crippen LogP contribution in [0.4, 0.5) is 5.69 Å². The fraction of sp³-hybridized carbons (Fsp3) is 0.556. The second kappa shape index (κ2) is 6.76. The summed E-state index contributed by atoms with van der Waals surface area (Å²) in [5.74, 6) is 0.702. The fourth-order valence-corrected chi connectivity index (χ4v) is 3.42. The number of anilines is 1.